The van der Waals surface area contributed by atoms with Crippen LogP contribution in [0.1, 0.15) is 18.4 Å². The number of benzene rings is 1. The van der Waals surface area contributed by atoms with Crippen molar-refractivity contribution in [2.24, 2.45) is 0 Å². The Kier molecular flexibility index (Phi) is 5.78. The van der Waals surface area contributed by atoms with Gasteiger partial charge >= 0.3 is 5.97 Å². The van der Waals surface area contributed by atoms with Gasteiger partial charge in [-0.25, -0.2) is 13.1 Å². The molecule has 0 radical (unpaired) electrons. The summed E-state index contributed by atoms with van der Waals surface area (Å²) in [7, 11) is -1.94. The Morgan fingerprint density at radius 1 is 1.42 bits per heavy atom. The number of sulfonamides is 1. The van der Waals surface area contributed by atoms with Crippen LogP contribution in [-0.2, 0) is 20.6 Å². The van der Waals surface area contributed by atoms with Gasteiger partial charge < -0.3 is 9.84 Å². The molecule has 6 nitrogen and oxygen atoms in total. The highest BCUT2D eigenvalue weighted by Crippen LogP contribution is 2.14. The number of hydrogen-bond donors (Lipinski definition) is 2. The number of carboxylic acid groups (broad SMARTS) is 1. The van der Waals surface area contributed by atoms with Crippen molar-refractivity contribution in [1.82, 2.24) is 4.72 Å². The van der Waals surface area contributed by atoms with E-state index in [4.69, 9.17) is 9.84 Å². The SMILES string of the molecule is COc1cccc(CS(=O)(=O)NCCCC(=O)O)c1. The largest absolute Gasteiger partial charge is 0.497 e. The van der Waals surface area contributed by atoms with Crippen molar-refractivity contribution in [2.75, 3.05) is 13.7 Å². The molecular formula is C12H17NO5S. The monoisotopic (exact) mass is 287 g/mol. The van der Waals surface area contributed by atoms with Crippen molar-refractivity contribution in [3.63, 3.8) is 0 Å². The van der Waals surface area contributed by atoms with Gasteiger partial charge in [0, 0.05) is 13.0 Å². The number of methoxy groups -OCH3 is 1. The number of ether oxygens (including phenoxy) is 1. The molecule has 0 aliphatic rings. The lowest BCUT2D eigenvalue weighted by atomic mass is 10.2. The van der Waals surface area contributed by atoms with Crippen LogP contribution in [0.15, 0.2) is 24.3 Å². The van der Waals surface area contributed by atoms with Gasteiger partial charge in [0.15, 0.2) is 0 Å². The van der Waals surface area contributed by atoms with E-state index in [1.807, 2.05) is 0 Å². The fourth-order valence-corrected chi connectivity index (χ4v) is 2.68. The van der Waals surface area contributed by atoms with Crippen LogP contribution < -0.4 is 9.46 Å². The Balaban J connectivity index is 2.51. The van der Waals surface area contributed by atoms with E-state index in [9.17, 15) is 13.2 Å². The summed E-state index contributed by atoms with van der Waals surface area (Å²) in [5.41, 5.74) is 0.616. The smallest absolute Gasteiger partial charge is 0.303 e. The van der Waals surface area contributed by atoms with E-state index in [1.165, 1.54) is 7.11 Å². The van der Waals surface area contributed by atoms with Crippen molar-refractivity contribution < 1.29 is 23.1 Å². The van der Waals surface area contributed by atoms with Gasteiger partial charge in [-0.1, -0.05) is 12.1 Å². The van der Waals surface area contributed by atoms with Gasteiger partial charge in [0.2, 0.25) is 10.0 Å². The number of carboxylic acids is 1. The maximum absolute atomic E-state index is 11.7. The first-order valence-corrected chi connectivity index (χ1v) is 7.40. The van der Waals surface area contributed by atoms with Gasteiger partial charge in [-0.15, -0.1) is 0 Å². The highest BCUT2D eigenvalue weighted by atomic mass is 32.2. The van der Waals surface area contributed by atoms with E-state index in [1.54, 1.807) is 24.3 Å². The maximum Gasteiger partial charge on any atom is 0.303 e. The molecule has 1 rings (SSSR count). The zero-order chi connectivity index (χ0) is 14.3. The van der Waals surface area contributed by atoms with Crippen LogP contribution in [0.2, 0.25) is 0 Å². The third-order valence-corrected chi connectivity index (χ3v) is 3.74. The summed E-state index contributed by atoms with van der Waals surface area (Å²) in [6, 6.07) is 6.79. The molecule has 7 heteroatoms. The van der Waals surface area contributed by atoms with Crippen LogP contribution >= 0.6 is 0 Å². The molecule has 0 aliphatic carbocycles. The fraction of sp³-hybridized carbons (Fsp3) is 0.417. The standard InChI is InChI=1S/C12H17NO5S/c1-18-11-5-2-4-10(8-11)9-19(16,17)13-7-3-6-12(14)15/h2,4-5,8,13H,3,6-7,9H2,1H3,(H,14,15). The molecule has 0 bridgehead atoms. The fourth-order valence-electron chi connectivity index (χ4n) is 1.50. The third kappa shape index (κ3) is 6.21. The van der Waals surface area contributed by atoms with Crippen molar-refractivity contribution in [2.45, 2.75) is 18.6 Å². The van der Waals surface area contributed by atoms with Gasteiger partial charge in [-0.05, 0) is 24.1 Å². The zero-order valence-electron chi connectivity index (χ0n) is 10.6. The van der Waals surface area contributed by atoms with Crippen LogP contribution in [0.3, 0.4) is 0 Å². The summed E-state index contributed by atoms with van der Waals surface area (Å²) in [5, 5.41) is 8.44. The molecule has 0 amide bonds. The van der Waals surface area contributed by atoms with Gasteiger partial charge in [0.25, 0.3) is 0 Å². The van der Waals surface area contributed by atoms with Gasteiger partial charge in [0.1, 0.15) is 5.75 Å². The Morgan fingerprint density at radius 3 is 2.79 bits per heavy atom. The van der Waals surface area contributed by atoms with Gasteiger partial charge in [0.05, 0.1) is 12.9 Å². The van der Waals surface area contributed by atoms with Gasteiger partial charge in [-0.3, -0.25) is 4.79 Å². The molecule has 0 saturated heterocycles. The lowest BCUT2D eigenvalue weighted by molar-refractivity contribution is -0.137. The second-order valence-corrected chi connectivity index (χ2v) is 5.81. The molecule has 0 aromatic heterocycles. The number of hydrogen-bond acceptors (Lipinski definition) is 4. The molecular weight excluding hydrogens is 270 g/mol. The van der Waals surface area contributed by atoms with Crippen LogP contribution in [-0.4, -0.2) is 33.1 Å². The number of nitrogens with one attached hydrogen (secondary N) is 1. The molecule has 1 aromatic carbocycles. The predicted octanol–water partition coefficient (Wildman–Crippen LogP) is 0.979. The molecule has 0 aliphatic heterocycles. The zero-order valence-corrected chi connectivity index (χ0v) is 11.4. The minimum Gasteiger partial charge on any atom is -0.497 e. The molecule has 0 fully saturated rings. The highest BCUT2D eigenvalue weighted by Gasteiger charge is 2.11. The molecule has 0 unspecified atom stereocenters. The number of aliphatic carboxylic acids is 1. The van der Waals surface area contributed by atoms with Crippen molar-refractivity contribution >= 4 is 16.0 Å². The summed E-state index contributed by atoms with van der Waals surface area (Å²) in [4.78, 5) is 10.3. The molecule has 0 saturated carbocycles. The molecule has 0 spiro atoms. The first-order valence-electron chi connectivity index (χ1n) is 5.75. The first-order chi connectivity index (χ1) is 8.93. The van der Waals surface area contributed by atoms with Crippen LogP contribution in [0.25, 0.3) is 0 Å². The van der Waals surface area contributed by atoms with Crippen LogP contribution in [0, 0.1) is 0 Å². The van der Waals surface area contributed by atoms with E-state index >= 15 is 0 Å². The second kappa shape index (κ2) is 7.10. The minimum absolute atomic E-state index is 0.0539. The van der Waals surface area contributed by atoms with Crippen molar-refractivity contribution in [1.29, 1.82) is 0 Å². The molecule has 0 heterocycles. The third-order valence-electron chi connectivity index (χ3n) is 2.38. The Morgan fingerprint density at radius 2 is 2.16 bits per heavy atom. The van der Waals surface area contributed by atoms with E-state index in [2.05, 4.69) is 4.72 Å². The quantitative estimate of drug-likeness (QED) is 0.695. The molecule has 2 N–H and O–H groups in total. The summed E-state index contributed by atoms with van der Waals surface area (Å²) in [6.07, 6.45) is 0.217. The molecule has 0 atom stereocenters. The molecule has 19 heavy (non-hydrogen) atoms. The maximum atomic E-state index is 11.7. The van der Waals surface area contributed by atoms with E-state index in [0.29, 0.717) is 11.3 Å². The number of rotatable bonds is 8. The predicted molar refractivity (Wildman–Crippen MR) is 70.5 cm³/mol. The normalized spacial score (nSPS) is 11.2. The van der Waals surface area contributed by atoms with E-state index in [0.717, 1.165) is 0 Å². The van der Waals surface area contributed by atoms with Crippen LogP contribution in [0.5, 0.6) is 5.75 Å². The summed E-state index contributed by atoms with van der Waals surface area (Å²) < 4.78 is 30.9. The second-order valence-electron chi connectivity index (χ2n) is 4.00. The first kappa shape index (κ1) is 15.5. The lowest BCUT2D eigenvalue weighted by Crippen LogP contribution is -2.26. The lowest BCUT2D eigenvalue weighted by Gasteiger charge is -2.07. The molecule has 1 aromatic rings. The Bertz CT molecular complexity index is 527. The molecule has 106 valence electrons. The highest BCUT2D eigenvalue weighted by molar-refractivity contribution is 7.88. The minimum atomic E-state index is -3.46. The van der Waals surface area contributed by atoms with Crippen molar-refractivity contribution in [3.8, 4) is 5.75 Å². The van der Waals surface area contributed by atoms with Gasteiger partial charge in [-0.2, -0.15) is 0 Å². The summed E-state index contributed by atoms with van der Waals surface area (Å²) in [5.74, 6) is -0.498. The van der Waals surface area contributed by atoms with E-state index in [-0.39, 0.29) is 25.1 Å². The average Bonchev–Trinajstić information content (AvgIpc) is 2.34. The summed E-state index contributed by atoms with van der Waals surface area (Å²) >= 11 is 0. The Hall–Kier alpha value is -1.60. The van der Waals surface area contributed by atoms with Crippen molar-refractivity contribution in [3.05, 3.63) is 29.8 Å². The van der Waals surface area contributed by atoms with E-state index < -0.39 is 16.0 Å². The topological polar surface area (TPSA) is 92.7 Å². The van der Waals surface area contributed by atoms with Crippen LogP contribution in [0.4, 0.5) is 0 Å². The summed E-state index contributed by atoms with van der Waals surface area (Å²) in [6.45, 7) is 0.124. The average molecular weight is 287 g/mol. The number of carbonyl (C=O) groups is 1. The Labute approximate surface area is 112 Å².